The summed E-state index contributed by atoms with van der Waals surface area (Å²) in [5.74, 6) is 0. The third-order valence-electron chi connectivity index (χ3n) is 3.20. The van der Waals surface area contributed by atoms with Crippen LogP contribution >= 0.6 is 0 Å². The quantitative estimate of drug-likeness (QED) is 0.568. The van der Waals surface area contributed by atoms with Crippen LogP contribution in [-0.2, 0) is 4.74 Å². The molecule has 0 aliphatic carbocycles. The highest BCUT2D eigenvalue weighted by Gasteiger charge is 2.41. The van der Waals surface area contributed by atoms with Crippen molar-refractivity contribution < 1.29 is 4.74 Å². The predicted molar refractivity (Wildman–Crippen MR) is 55.8 cm³/mol. The lowest BCUT2D eigenvalue weighted by Gasteiger charge is -2.36. The van der Waals surface area contributed by atoms with E-state index in [4.69, 9.17) is 4.74 Å². The van der Waals surface area contributed by atoms with E-state index in [1.165, 1.54) is 5.38 Å². The van der Waals surface area contributed by atoms with Crippen LogP contribution in [0.5, 0.6) is 0 Å². The Hall–Kier alpha value is -0.243. The molecule has 70 valence electrons. The normalized spacial score (nSPS) is 18.9. The first-order valence-electron chi connectivity index (χ1n) is 4.69. The average molecular weight is 184 g/mol. The van der Waals surface area contributed by atoms with Gasteiger partial charge in [0.2, 0.25) is 0 Å². The van der Waals surface area contributed by atoms with Gasteiger partial charge in [0.1, 0.15) is 8.07 Å². The smallest absolute Gasteiger partial charge is 0.130 e. The molecule has 1 rings (SSSR count). The van der Waals surface area contributed by atoms with E-state index in [0.717, 1.165) is 13.0 Å². The van der Waals surface area contributed by atoms with Gasteiger partial charge in [0.05, 0.1) is 12.0 Å². The Morgan fingerprint density at radius 3 is 2.25 bits per heavy atom. The highest BCUT2D eigenvalue weighted by molar-refractivity contribution is 6.86. The van der Waals surface area contributed by atoms with E-state index in [-0.39, 0.29) is 0 Å². The van der Waals surface area contributed by atoms with Crippen LogP contribution in [0.2, 0.25) is 18.1 Å². The molecule has 1 aliphatic heterocycles. The van der Waals surface area contributed by atoms with Gasteiger partial charge < -0.3 is 4.74 Å². The first-order valence-corrected chi connectivity index (χ1v) is 7.69. The molecular formula is C10H20OSi. The zero-order valence-electron chi connectivity index (χ0n) is 8.90. The van der Waals surface area contributed by atoms with Crippen molar-refractivity contribution in [1.82, 2.24) is 0 Å². The molecule has 0 N–H and O–H groups in total. The molecule has 0 radical (unpaired) electrons. The highest BCUT2D eigenvalue weighted by atomic mass is 28.3. The summed E-state index contributed by atoms with van der Waals surface area (Å²) < 4.78 is 5.67. The van der Waals surface area contributed by atoms with Crippen molar-refractivity contribution in [2.45, 2.75) is 45.3 Å². The van der Waals surface area contributed by atoms with Gasteiger partial charge in [-0.1, -0.05) is 33.9 Å². The minimum atomic E-state index is -1.33. The largest absolute Gasteiger partial charge is 0.503 e. The lowest BCUT2D eigenvalue weighted by molar-refractivity contribution is 0.262. The Bertz CT molecular complexity index is 198. The van der Waals surface area contributed by atoms with Crippen molar-refractivity contribution in [3.8, 4) is 0 Å². The monoisotopic (exact) mass is 184 g/mol. The minimum Gasteiger partial charge on any atom is -0.503 e. The Morgan fingerprint density at radius 2 is 1.92 bits per heavy atom. The average Bonchev–Trinajstić information content (AvgIpc) is 2.34. The third kappa shape index (κ3) is 1.58. The molecule has 1 aliphatic rings. The molecule has 12 heavy (non-hydrogen) atoms. The standard InChI is InChI=1S/C10H20OSi/c1-10(2,3)12(4,5)9-7-6-8-11-9/h7H,6,8H2,1-5H3. The SMILES string of the molecule is CC(C)(C)[Si](C)(C)C1=CCCO1. The second kappa shape index (κ2) is 2.91. The number of hydrogen-bond acceptors (Lipinski definition) is 1. The van der Waals surface area contributed by atoms with Crippen molar-refractivity contribution in [2.75, 3.05) is 6.61 Å². The summed E-state index contributed by atoms with van der Waals surface area (Å²) in [6, 6.07) is 0. The molecule has 0 amide bonds. The van der Waals surface area contributed by atoms with Crippen molar-refractivity contribution in [1.29, 1.82) is 0 Å². The van der Waals surface area contributed by atoms with E-state index in [1.807, 2.05) is 0 Å². The van der Waals surface area contributed by atoms with Crippen LogP contribution in [0.1, 0.15) is 27.2 Å². The molecule has 0 atom stereocenters. The Labute approximate surface area is 76.8 Å². The molecule has 0 aromatic heterocycles. The summed E-state index contributed by atoms with van der Waals surface area (Å²) in [5, 5.41) is 1.72. The summed E-state index contributed by atoms with van der Waals surface area (Å²) in [6.07, 6.45) is 3.40. The molecule has 1 heterocycles. The van der Waals surface area contributed by atoms with Gasteiger partial charge in [0.15, 0.2) is 0 Å². The van der Waals surface area contributed by atoms with E-state index in [2.05, 4.69) is 39.9 Å². The van der Waals surface area contributed by atoms with Gasteiger partial charge in [-0.25, -0.2) is 0 Å². The summed E-state index contributed by atoms with van der Waals surface area (Å²) in [7, 11) is -1.33. The maximum Gasteiger partial charge on any atom is 0.130 e. The topological polar surface area (TPSA) is 9.23 Å². The first kappa shape index (κ1) is 9.84. The summed E-state index contributed by atoms with van der Waals surface area (Å²) in [5.41, 5.74) is 0. The van der Waals surface area contributed by atoms with Crippen LogP contribution in [0.3, 0.4) is 0 Å². The molecule has 0 aromatic carbocycles. The second-order valence-electron chi connectivity index (χ2n) is 5.08. The molecule has 0 saturated carbocycles. The van der Waals surface area contributed by atoms with Gasteiger partial charge >= 0.3 is 0 Å². The van der Waals surface area contributed by atoms with Crippen molar-refractivity contribution in [2.24, 2.45) is 0 Å². The molecule has 0 saturated heterocycles. The van der Waals surface area contributed by atoms with Crippen LogP contribution in [0, 0.1) is 0 Å². The molecule has 0 fully saturated rings. The fourth-order valence-electron chi connectivity index (χ4n) is 1.22. The Morgan fingerprint density at radius 1 is 1.33 bits per heavy atom. The fourth-order valence-corrected chi connectivity index (χ4v) is 3.08. The maximum atomic E-state index is 5.67. The molecule has 0 bridgehead atoms. The molecular weight excluding hydrogens is 164 g/mol. The van der Waals surface area contributed by atoms with E-state index >= 15 is 0 Å². The first-order chi connectivity index (χ1) is 5.36. The number of ether oxygens (including phenoxy) is 1. The number of hydrogen-bond donors (Lipinski definition) is 0. The lowest BCUT2D eigenvalue weighted by atomic mass is 10.2. The fraction of sp³-hybridized carbons (Fsp3) is 0.800. The van der Waals surface area contributed by atoms with Gasteiger partial charge in [0.25, 0.3) is 0 Å². The van der Waals surface area contributed by atoms with Crippen LogP contribution in [0.25, 0.3) is 0 Å². The van der Waals surface area contributed by atoms with Crippen molar-refractivity contribution >= 4 is 8.07 Å². The minimum absolute atomic E-state index is 0.406. The molecule has 0 unspecified atom stereocenters. The van der Waals surface area contributed by atoms with Gasteiger partial charge in [-0.3, -0.25) is 0 Å². The Balaban J connectivity index is 2.84. The van der Waals surface area contributed by atoms with Crippen molar-refractivity contribution in [3.63, 3.8) is 0 Å². The second-order valence-corrected chi connectivity index (χ2v) is 10.3. The highest BCUT2D eigenvalue weighted by Crippen LogP contribution is 2.42. The predicted octanol–water partition coefficient (Wildman–Crippen LogP) is 3.34. The van der Waals surface area contributed by atoms with Crippen LogP contribution in [0.4, 0.5) is 0 Å². The molecule has 2 heteroatoms. The third-order valence-corrected chi connectivity index (χ3v) is 8.53. The van der Waals surface area contributed by atoms with E-state index in [0.29, 0.717) is 5.04 Å². The van der Waals surface area contributed by atoms with Gasteiger partial charge in [-0.2, -0.15) is 0 Å². The zero-order chi connectivity index (χ0) is 9.41. The van der Waals surface area contributed by atoms with Crippen LogP contribution in [0.15, 0.2) is 11.5 Å². The summed E-state index contributed by atoms with van der Waals surface area (Å²) >= 11 is 0. The van der Waals surface area contributed by atoms with Crippen molar-refractivity contribution in [3.05, 3.63) is 11.5 Å². The number of rotatable bonds is 1. The van der Waals surface area contributed by atoms with E-state index in [1.54, 1.807) is 0 Å². The van der Waals surface area contributed by atoms with Crippen LogP contribution < -0.4 is 0 Å². The van der Waals surface area contributed by atoms with Gasteiger partial charge in [-0.15, -0.1) is 0 Å². The Kier molecular flexibility index (Phi) is 2.39. The molecule has 0 spiro atoms. The maximum absolute atomic E-state index is 5.67. The molecule has 1 nitrogen and oxygen atoms in total. The van der Waals surface area contributed by atoms with Crippen LogP contribution in [-0.4, -0.2) is 14.7 Å². The lowest BCUT2D eigenvalue weighted by Crippen LogP contribution is -2.39. The zero-order valence-corrected chi connectivity index (χ0v) is 9.90. The van der Waals surface area contributed by atoms with E-state index < -0.39 is 8.07 Å². The van der Waals surface area contributed by atoms with Gasteiger partial charge in [-0.05, 0) is 11.1 Å². The van der Waals surface area contributed by atoms with Gasteiger partial charge in [0, 0.05) is 6.42 Å². The summed E-state index contributed by atoms with van der Waals surface area (Å²) in [4.78, 5) is 0. The van der Waals surface area contributed by atoms with E-state index in [9.17, 15) is 0 Å². The molecule has 0 aromatic rings. The summed E-state index contributed by atoms with van der Waals surface area (Å²) in [6.45, 7) is 12.7.